The first-order chi connectivity index (χ1) is 12.6. The van der Waals surface area contributed by atoms with Gasteiger partial charge in [-0.3, -0.25) is 4.79 Å². The molecule has 3 rings (SSSR count). The van der Waals surface area contributed by atoms with Crippen molar-refractivity contribution in [2.45, 2.75) is 33.1 Å². The summed E-state index contributed by atoms with van der Waals surface area (Å²) in [6.45, 7) is 8.86. The van der Waals surface area contributed by atoms with Crippen molar-refractivity contribution in [1.29, 1.82) is 0 Å². The largest absolute Gasteiger partial charge is 0.497 e. The van der Waals surface area contributed by atoms with Gasteiger partial charge in [0.2, 0.25) is 5.91 Å². The standard InChI is InChI=1S/C20H30N4O2/c1-4-23-11-8-15(9-12-23)20(25)24(5-2)13-10-19-21-17-7-6-16(26-3)14-18(17)22-19/h6-7,14-15H,4-5,8-13H2,1-3H3,(H,21,22). The highest BCUT2D eigenvalue weighted by molar-refractivity contribution is 5.79. The van der Waals surface area contributed by atoms with Crippen molar-refractivity contribution in [1.82, 2.24) is 19.8 Å². The molecule has 0 saturated carbocycles. The van der Waals surface area contributed by atoms with Crippen molar-refractivity contribution in [3.63, 3.8) is 0 Å². The molecule has 1 aliphatic rings. The number of amides is 1. The van der Waals surface area contributed by atoms with E-state index in [1.165, 1.54) is 0 Å². The van der Waals surface area contributed by atoms with E-state index < -0.39 is 0 Å². The monoisotopic (exact) mass is 358 g/mol. The highest BCUT2D eigenvalue weighted by atomic mass is 16.5. The lowest BCUT2D eigenvalue weighted by Crippen LogP contribution is -2.43. The first-order valence-corrected chi connectivity index (χ1v) is 9.68. The number of aromatic amines is 1. The number of ether oxygens (including phenoxy) is 1. The molecule has 0 bridgehead atoms. The highest BCUT2D eigenvalue weighted by Crippen LogP contribution is 2.21. The molecule has 2 aromatic rings. The van der Waals surface area contributed by atoms with Crippen LogP contribution in [0.1, 0.15) is 32.5 Å². The Labute approximate surface area is 155 Å². The number of nitrogens with zero attached hydrogens (tertiary/aromatic N) is 3. The van der Waals surface area contributed by atoms with Crippen LogP contribution in [0.25, 0.3) is 11.0 Å². The lowest BCUT2D eigenvalue weighted by molar-refractivity contribution is -0.136. The van der Waals surface area contributed by atoms with Crippen molar-refractivity contribution in [2.75, 3.05) is 39.8 Å². The molecule has 6 heteroatoms. The first kappa shape index (κ1) is 18.7. The number of hydrogen-bond acceptors (Lipinski definition) is 4. The number of fused-ring (bicyclic) bond motifs is 1. The van der Waals surface area contributed by atoms with E-state index in [2.05, 4.69) is 28.7 Å². The number of imidazole rings is 1. The van der Waals surface area contributed by atoms with E-state index in [0.29, 0.717) is 12.5 Å². The molecule has 0 radical (unpaired) electrons. The number of carbonyl (C=O) groups excluding carboxylic acids is 1. The number of likely N-dealkylation sites (tertiary alicyclic amines) is 1. The summed E-state index contributed by atoms with van der Waals surface area (Å²) in [5, 5.41) is 0. The Hall–Kier alpha value is -2.08. The molecule has 1 amide bonds. The van der Waals surface area contributed by atoms with E-state index >= 15 is 0 Å². The topological polar surface area (TPSA) is 61.5 Å². The predicted octanol–water partition coefficient (Wildman–Crippen LogP) is 2.69. The third-order valence-corrected chi connectivity index (χ3v) is 5.43. The van der Waals surface area contributed by atoms with Crippen LogP contribution in [0.3, 0.4) is 0 Å². The van der Waals surface area contributed by atoms with E-state index in [9.17, 15) is 4.79 Å². The molecular weight excluding hydrogens is 328 g/mol. The minimum Gasteiger partial charge on any atom is -0.497 e. The summed E-state index contributed by atoms with van der Waals surface area (Å²) in [5.74, 6) is 2.22. The second-order valence-corrected chi connectivity index (χ2v) is 6.94. The van der Waals surface area contributed by atoms with Crippen LogP contribution in [0, 0.1) is 5.92 Å². The number of piperidine rings is 1. The molecule has 142 valence electrons. The van der Waals surface area contributed by atoms with Gasteiger partial charge in [-0.1, -0.05) is 6.92 Å². The van der Waals surface area contributed by atoms with Crippen LogP contribution in [0.2, 0.25) is 0 Å². The van der Waals surface area contributed by atoms with Crippen LogP contribution in [-0.4, -0.2) is 65.5 Å². The Morgan fingerprint density at radius 1 is 1.35 bits per heavy atom. The Morgan fingerprint density at radius 2 is 2.12 bits per heavy atom. The zero-order valence-electron chi connectivity index (χ0n) is 16.1. The van der Waals surface area contributed by atoms with Crippen molar-refractivity contribution in [3.05, 3.63) is 24.0 Å². The Bertz CT molecular complexity index is 734. The fourth-order valence-corrected chi connectivity index (χ4v) is 3.71. The van der Waals surface area contributed by atoms with Crippen LogP contribution >= 0.6 is 0 Å². The van der Waals surface area contributed by atoms with Crippen LogP contribution in [0.4, 0.5) is 0 Å². The average molecular weight is 358 g/mol. The fourth-order valence-electron chi connectivity index (χ4n) is 3.71. The number of nitrogens with one attached hydrogen (secondary N) is 1. The smallest absolute Gasteiger partial charge is 0.225 e. The molecule has 6 nitrogen and oxygen atoms in total. The van der Waals surface area contributed by atoms with Gasteiger partial charge in [0.05, 0.1) is 18.1 Å². The number of carbonyl (C=O) groups is 1. The lowest BCUT2D eigenvalue weighted by Gasteiger charge is -2.33. The molecule has 0 unspecified atom stereocenters. The zero-order valence-corrected chi connectivity index (χ0v) is 16.1. The number of aromatic nitrogens is 2. The number of likely N-dealkylation sites (N-methyl/N-ethyl adjacent to an activating group) is 1. The molecule has 1 aromatic heterocycles. The molecule has 0 aliphatic carbocycles. The van der Waals surface area contributed by atoms with Crippen LogP contribution in [0.5, 0.6) is 5.75 Å². The van der Waals surface area contributed by atoms with Gasteiger partial charge < -0.3 is 19.5 Å². The molecule has 0 spiro atoms. The summed E-state index contributed by atoms with van der Waals surface area (Å²) >= 11 is 0. The molecular formula is C20H30N4O2. The van der Waals surface area contributed by atoms with E-state index in [-0.39, 0.29) is 5.92 Å². The van der Waals surface area contributed by atoms with Crippen LogP contribution < -0.4 is 4.74 Å². The molecule has 1 aliphatic heterocycles. The normalized spacial score (nSPS) is 16.1. The molecule has 1 aromatic carbocycles. The summed E-state index contributed by atoms with van der Waals surface area (Å²) in [6.07, 6.45) is 2.70. The number of hydrogen-bond donors (Lipinski definition) is 1. The summed E-state index contributed by atoms with van der Waals surface area (Å²) in [4.78, 5) is 25.2. The SMILES string of the molecule is CCN1CCC(C(=O)N(CC)CCc2nc3ccc(OC)cc3[nH]2)CC1. The van der Waals surface area contributed by atoms with Gasteiger partial charge in [-0.25, -0.2) is 4.98 Å². The number of methoxy groups -OCH3 is 1. The van der Waals surface area contributed by atoms with Crippen LogP contribution in [0.15, 0.2) is 18.2 Å². The maximum Gasteiger partial charge on any atom is 0.225 e. The number of H-pyrrole nitrogens is 1. The molecule has 0 atom stereocenters. The Kier molecular flexibility index (Phi) is 6.14. The van der Waals surface area contributed by atoms with Gasteiger partial charge in [-0.2, -0.15) is 0 Å². The van der Waals surface area contributed by atoms with E-state index in [0.717, 1.165) is 68.0 Å². The molecule has 1 saturated heterocycles. The van der Waals surface area contributed by atoms with Crippen molar-refractivity contribution >= 4 is 16.9 Å². The van der Waals surface area contributed by atoms with Crippen molar-refractivity contribution in [3.8, 4) is 5.75 Å². The second kappa shape index (κ2) is 8.54. The van der Waals surface area contributed by atoms with Gasteiger partial charge in [-0.05, 0) is 51.5 Å². The van der Waals surface area contributed by atoms with Gasteiger partial charge in [0, 0.05) is 31.5 Å². The second-order valence-electron chi connectivity index (χ2n) is 6.94. The molecule has 1 N–H and O–H groups in total. The summed E-state index contributed by atoms with van der Waals surface area (Å²) in [7, 11) is 1.66. The maximum atomic E-state index is 12.9. The summed E-state index contributed by atoms with van der Waals surface area (Å²) in [6, 6.07) is 5.83. The Balaban J connectivity index is 1.59. The minimum absolute atomic E-state index is 0.178. The molecule has 1 fully saturated rings. The van der Waals surface area contributed by atoms with Gasteiger partial charge in [-0.15, -0.1) is 0 Å². The predicted molar refractivity (Wildman–Crippen MR) is 103 cm³/mol. The van der Waals surface area contributed by atoms with E-state index in [1.807, 2.05) is 23.1 Å². The lowest BCUT2D eigenvalue weighted by atomic mass is 9.95. The first-order valence-electron chi connectivity index (χ1n) is 9.68. The number of rotatable bonds is 7. The summed E-state index contributed by atoms with van der Waals surface area (Å²) in [5.41, 5.74) is 1.91. The summed E-state index contributed by atoms with van der Waals surface area (Å²) < 4.78 is 5.26. The van der Waals surface area contributed by atoms with Crippen molar-refractivity contribution in [2.24, 2.45) is 5.92 Å². The third kappa shape index (κ3) is 4.18. The van der Waals surface area contributed by atoms with Crippen molar-refractivity contribution < 1.29 is 9.53 Å². The fraction of sp³-hybridized carbons (Fsp3) is 0.600. The van der Waals surface area contributed by atoms with Gasteiger partial charge in [0.25, 0.3) is 0 Å². The maximum absolute atomic E-state index is 12.9. The quantitative estimate of drug-likeness (QED) is 0.827. The number of benzene rings is 1. The van der Waals surface area contributed by atoms with Gasteiger partial charge in [0.1, 0.15) is 11.6 Å². The van der Waals surface area contributed by atoms with E-state index in [1.54, 1.807) is 7.11 Å². The zero-order chi connectivity index (χ0) is 18.5. The average Bonchev–Trinajstić information content (AvgIpc) is 3.10. The van der Waals surface area contributed by atoms with Gasteiger partial charge in [0.15, 0.2) is 0 Å². The van der Waals surface area contributed by atoms with Crippen LogP contribution in [-0.2, 0) is 11.2 Å². The molecule has 26 heavy (non-hydrogen) atoms. The highest BCUT2D eigenvalue weighted by Gasteiger charge is 2.27. The van der Waals surface area contributed by atoms with Gasteiger partial charge >= 0.3 is 0 Å². The molecule has 2 heterocycles. The Morgan fingerprint density at radius 3 is 2.77 bits per heavy atom. The minimum atomic E-state index is 0.178. The third-order valence-electron chi connectivity index (χ3n) is 5.43. The van der Waals surface area contributed by atoms with E-state index in [4.69, 9.17) is 4.74 Å².